The minimum absolute atomic E-state index is 0.203. The van der Waals surface area contributed by atoms with Crippen LogP contribution in [-0.2, 0) is 16.1 Å². The Balaban J connectivity index is 1.76. The van der Waals surface area contributed by atoms with E-state index in [1.165, 1.54) is 0 Å². The van der Waals surface area contributed by atoms with Crippen LogP contribution in [0.25, 0.3) is 0 Å². The molecule has 28 heavy (non-hydrogen) atoms. The zero-order valence-electron chi connectivity index (χ0n) is 15.8. The minimum atomic E-state index is -0.655. The molecule has 0 radical (unpaired) electrons. The van der Waals surface area contributed by atoms with Crippen LogP contribution in [-0.4, -0.2) is 30.1 Å². The van der Waals surface area contributed by atoms with Gasteiger partial charge in [0, 0.05) is 12.2 Å². The molecule has 1 aromatic heterocycles. The van der Waals surface area contributed by atoms with Crippen molar-refractivity contribution in [2.45, 2.75) is 32.9 Å². The van der Waals surface area contributed by atoms with Crippen LogP contribution >= 0.6 is 15.9 Å². The fourth-order valence-electron chi connectivity index (χ4n) is 2.08. The molecule has 0 aliphatic carbocycles. The van der Waals surface area contributed by atoms with E-state index in [0.717, 1.165) is 5.56 Å². The van der Waals surface area contributed by atoms with Crippen LogP contribution in [0, 0.1) is 0 Å². The van der Waals surface area contributed by atoms with Crippen LogP contribution in [0.15, 0.2) is 45.5 Å². The van der Waals surface area contributed by atoms with Gasteiger partial charge in [-0.1, -0.05) is 12.1 Å². The number of anilines is 1. The summed E-state index contributed by atoms with van der Waals surface area (Å²) in [5.74, 6) is -0.486. The number of carbonyl (C=O) groups excluding carboxylic acids is 3. The summed E-state index contributed by atoms with van der Waals surface area (Å²) in [6.07, 6.45) is -0.655. The molecule has 1 aromatic carbocycles. The number of amides is 3. The molecule has 3 amide bonds. The normalized spacial score (nSPS) is 10.9. The summed E-state index contributed by atoms with van der Waals surface area (Å²) in [5.41, 5.74) is 0.795. The number of nitrogens with one attached hydrogen (secondary N) is 3. The van der Waals surface area contributed by atoms with Crippen LogP contribution in [0.1, 0.15) is 36.9 Å². The van der Waals surface area contributed by atoms with Gasteiger partial charge < -0.3 is 25.1 Å². The van der Waals surface area contributed by atoms with E-state index in [2.05, 4.69) is 31.9 Å². The van der Waals surface area contributed by atoms with E-state index in [9.17, 15) is 14.4 Å². The topological polar surface area (TPSA) is 110 Å². The number of furan rings is 1. The van der Waals surface area contributed by atoms with Crippen LogP contribution in [0.2, 0.25) is 0 Å². The van der Waals surface area contributed by atoms with Crippen LogP contribution in [0.3, 0.4) is 0 Å². The summed E-state index contributed by atoms with van der Waals surface area (Å²) < 4.78 is 10.7. The lowest BCUT2D eigenvalue weighted by molar-refractivity contribution is -0.115. The fourth-order valence-corrected chi connectivity index (χ4v) is 2.39. The highest BCUT2D eigenvalue weighted by Gasteiger charge is 2.16. The predicted molar refractivity (Wildman–Crippen MR) is 107 cm³/mol. The van der Waals surface area contributed by atoms with Gasteiger partial charge in [-0.15, -0.1) is 0 Å². The molecule has 0 aliphatic rings. The first-order valence-electron chi connectivity index (χ1n) is 8.51. The molecule has 1 heterocycles. The number of rotatable bonds is 6. The Bertz CT molecular complexity index is 840. The quantitative estimate of drug-likeness (QED) is 0.622. The third-order valence-electron chi connectivity index (χ3n) is 3.28. The summed E-state index contributed by atoms with van der Waals surface area (Å²) in [6.45, 7) is 5.33. The Hall–Kier alpha value is -2.81. The van der Waals surface area contributed by atoms with E-state index in [-0.39, 0.29) is 24.1 Å². The molecule has 9 heteroatoms. The first kappa shape index (κ1) is 21.5. The van der Waals surface area contributed by atoms with Gasteiger partial charge in [-0.05, 0) is 66.5 Å². The number of benzene rings is 1. The van der Waals surface area contributed by atoms with E-state index in [0.29, 0.717) is 16.9 Å². The van der Waals surface area contributed by atoms with E-state index in [1.807, 2.05) is 0 Å². The van der Waals surface area contributed by atoms with Crippen molar-refractivity contribution in [3.05, 3.63) is 52.4 Å². The fraction of sp³-hybridized carbons (Fsp3) is 0.316. The summed E-state index contributed by atoms with van der Waals surface area (Å²) in [4.78, 5) is 35.4. The molecule has 0 fully saturated rings. The van der Waals surface area contributed by atoms with Crippen molar-refractivity contribution in [3.8, 4) is 0 Å². The zero-order valence-corrected chi connectivity index (χ0v) is 17.4. The average Bonchev–Trinajstić information content (AvgIpc) is 3.04. The van der Waals surface area contributed by atoms with Gasteiger partial charge in [-0.25, -0.2) is 4.79 Å². The Morgan fingerprint density at radius 2 is 1.71 bits per heavy atom. The molecule has 8 nitrogen and oxygen atoms in total. The van der Waals surface area contributed by atoms with Gasteiger partial charge in [0.25, 0.3) is 5.91 Å². The predicted octanol–water partition coefficient (Wildman–Crippen LogP) is 3.44. The number of halogens is 1. The third kappa shape index (κ3) is 7.43. The summed E-state index contributed by atoms with van der Waals surface area (Å²) in [7, 11) is 0. The standard InChI is InChI=1S/C19H22BrN3O5/c1-19(2,3)28-18(26)22-11-16(24)23-13-6-4-12(5-7-13)10-21-17(25)14-8-9-15(20)27-14/h4-9H,10-11H2,1-3H3,(H,21,25)(H,22,26)(H,23,24). The summed E-state index contributed by atoms with van der Waals surface area (Å²) >= 11 is 3.14. The van der Waals surface area contributed by atoms with Crippen molar-refractivity contribution in [2.24, 2.45) is 0 Å². The maximum absolute atomic E-state index is 11.9. The van der Waals surface area contributed by atoms with Crippen LogP contribution in [0.5, 0.6) is 0 Å². The first-order chi connectivity index (χ1) is 13.1. The molecule has 150 valence electrons. The molecule has 0 aliphatic heterocycles. The summed E-state index contributed by atoms with van der Waals surface area (Å²) in [6, 6.07) is 10.2. The smallest absolute Gasteiger partial charge is 0.408 e. The lowest BCUT2D eigenvalue weighted by atomic mass is 10.2. The van der Waals surface area contributed by atoms with Gasteiger partial charge in [0.2, 0.25) is 5.91 Å². The lowest BCUT2D eigenvalue weighted by Crippen LogP contribution is -2.37. The molecular weight excluding hydrogens is 430 g/mol. The van der Waals surface area contributed by atoms with E-state index < -0.39 is 11.7 Å². The van der Waals surface area contributed by atoms with Crippen molar-refractivity contribution in [1.29, 1.82) is 0 Å². The zero-order chi connectivity index (χ0) is 20.7. The number of hydrogen-bond acceptors (Lipinski definition) is 5. The van der Waals surface area contributed by atoms with Crippen LogP contribution < -0.4 is 16.0 Å². The van der Waals surface area contributed by atoms with Crippen molar-refractivity contribution in [1.82, 2.24) is 10.6 Å². The SMILES string of the molecule is CC(C)(C)OC(=O)NCC(=O)Nc1ccc(CNC(=O)c2ccc(Br)o2)cc1. The van der Waals surface area contributed by atoms with Gasteiger partial charge in [-0.3, -0.25) is 9.59 Å². The number of carbonyl (C=O) groups is 3. The maximum Gasteiger partial charge on any atom is 0.408 e. The average molecular weight is 452 g/mol. The third-order valence-corrected chi connectivity index (χ3v) is 3.71. The van der Waals surface area contributed by atoms with Gasteiger partial charge in [-0.2, -0.15) is 0 Å². The molecule has 0 atom stereocenters. The van der Waals surface area contributed by atoms with Crippen LogP contribution in [0.4, 0.5) is 10.5 Å². The largest absolute Gasteiger partial charge is 0.444 e. The van der Waals surface area contributed by atoms with Crippen molar-refractivity contribution in [2.75, 3.05) is 11.9 Å². The molecule has 2 rings (SSSR count). The van der Waals surface area contributed by atoms with Crippen molar-refractivity contribution >= 4 is 39.5 Å². The second-order valence-electron chi connectivity index (χ2n) is 6.89. The van der Waals surface area contributed by atoms with E-state index in [4.69, 9.17) is 9.15 Å². The molecule has 0 saturated carbocycles. The monoisotopic (exact) mass is 451 g/mol. The Labute approximate surface area is 171 Å². The number of hydrogen-bond donors (Lipinski definition) is 3. The van der Waals surface area contributed by atoms with Gasteiger partial charge in [0.15, 0.2) is 10.4 Å². The number of alkyl carbamates (subject to hydrolysis) is 1. The van der Waals surface area contributed by atoms with Crippen molar-refractivity contribution < 1.29 is 23.5 Å². The Kier molecular flexibility index (Phi) is 7.22. The van der Waals surface area contributed by atoms with E-state index in [1.54, 1.807) is 57.2 Å². The first-order valence-corrected chi connectivity index (χ1v) is 9.31. The van der Waals surface area contributed by atoms with Gasteiger partial charge in [0.1, 0.15) is 12.1 Å². The minimum Gasteiger partial charge on any atom is -0.444 e. The molecule has 0 saturated heterocycles. The number of ether oxygens (including phenoxy) is 1. The molecule has 0 unspecified atom stereocenters. The molecule has 0 bridgehead atoms. The molecule has 2 aromatic rings. The van der Waals surface area contributed by atoms with Crippen molar-refractivity contribution in [3.63, 3.8) is 0 Å². The Morgan fingerprint density at radius 1 is 1.04 bits per heavy atom. The second-order valence-corrected chi connectivity index (χ2v) is 7.67. The highest BCUT2D eigenvalue weighted by Crippen LogP contribution is 2.14. The van der Waals surface area contributed by atoms with Gasteiger partial charge in [0.05, 0.1) is 0 Å². The molecular formula is C19H22BrN3O5. The highest BCUT2D eigenvalue weighted by atomic mass is 79.9. The van der Waals surface area contributed by atoms with Gasteiger partial charge >= 0.3 is 6.09 Å². The highest BCUT2D eigenvalue weighted by molar-refractivity contribution is 9.10. The molecule has 0 spiro atoms. The summed E-state index contributed by atoms with van der Waals surface area (Å²) in [5, 5.41) is 7.79. The van der Waals surface area contributed by atoms with E-state index >= 15 is 0 Å². The Morgan fingerprint density at radius 3 is 2.29 bits per heavy atom. The second kappa shape index (κ2) is 9.41. The molecule has 3 N–H and O–H groups in total. The lowest BCUT2D eigenvalue weighted by Gasteiger charge is -2.19. The maximum atomic E-state index is 11.9.